The molecule has 0 spiro atoms. The van der Waals surface area contributed by atoms with Crippen molar-refractivity contribution in [1.82, 2.24) is 9.88 Å². The first kappa shape index (κ1) is 19.3. The van der Waals surface area contributed by atoms with Gasteiger partial charge in [-0.1, -0.05) is 30.3 Å². The summed E-state index contributed by atoms with van der Waals surface area (Å²) in [6.45, 7) is 1.77. The molecule has 0 saturated carbocycles. The highest BCUT2D eigenvalue weighted by molar-refractivity contribution is 5.98. The van der Waals surface area contributed by atoms with Crippen LogP contribution in [0.5, 0.6) is 5.75 Å². The van der Waals surface area contributed by atoms with Gasteiger partial charge in [0.05, 0.1) is 0 Å². The summed E-state index contributed by atoms with van der Waals surface area (Å²) in [5.41, 5.74) is 4.68. The largest absolute Gasteiger partial charge is 0.483 e. The zero-order valence-electron chi connectivity index (χ0n) is 17.2. The second-order valence-corrected chi connectivity index (χ2v) is 7.83. The molecule has 5 rings (SSSR count). The number of anilines is 1. The molecule has 1 aromatic heterocycles. The molecule has 6 heteroatoms. The zero-order chi connectivity index (χ0) is 21.2. The lowest BCUT2D eigenvalue weighted by molar-refractivity contribution is -0.120. The molecular weight excluding hydrogens is 390 g/mol. The van der Waals surface area contributed by atoms with Crippen molar-refractivity contribution in [2.75, 3.05) is 24.6 Å². The molecule has 0 N–H and O–H groups in total. The van der Waals surface area contributed by atoms with Gasteiger partial charge in [-0.25, -0.2) is 0 Å². The predicted octanol–water partition coefficient (Wildman–Crippen LogP) is 3.25. The zero-order valence-corrected chi connectivity index (χ0v) is 17.2. The Bertz CT molecular complexity index is 1130. The van der Waals surface area contributed by atoms with Crippen LogP contribution in [-0.4, -0.2) is 41.4 Å². The van der Waals surface area contributed by atoms with Crippen molar-refractivity contribution in [3.63, 3.8) is 0 Å². The number of para-hydroxylation sites is 1. The molecule has 0 unspecified atom stereocenters. The summed E-state index contributed by atoms with van der Waals surface area (Å²) in [6, 6.07) is 17.3. The van der Waals surface area contributed by atoms with Crippen LogP contribution < -0.4 is 9.64 Å². The van der Waals surface area contributed by atoms with Crippen LogP contribution in [0.4, 0.5) is 5.69 Å². The summed E-state index contributed by atoms with van der Waals surface area (Å²) in [4.78, 5) is 33.6. The standard InChI is InChI=1S/C25H23N3O3/c29-24(28-14-10-19-6-1-2-8-22(19)28)17-31-23-9-3-7-21-20(23)11-13-27(25(21)30)16-18-5-4-12-26-15-18/h1-9,12,15H,10-11,13-14,16-17H2. The molecule has 2 aliphatic rings. The highest BCUT2D eigenvalue weighted by Gasteiger charge is 2.28. The van der Waals surface area contributed by atoms with E-state index in [9.17, 15) is 9.59 Å². The maximum Gasteiger partial charge on any atom is 0.264 e. The maximum absolute atomic E-state index is 13.0. The lowest BCUT2D eigenvalue weighted by Gasteiger charge is -2.29. The Morgan fingerprint density at radius 1 is 1.00 bits per heavy atom. The number of fused-ring (bicyclic) bond motifs is 2. The fourth-order valence-electron chi connectivity index (χ4n) is 4.36. The van der Waals surface area contributed by atoms with Crippen molar-refractivity contribution in [2.45, 2.75) is 19.4 Å². The topological polar surface area (TPSA) is 62.7 Å². The number of hydrogen-bond donors (Lipinski definition) is 0. The van der Waals surface area contributed by atoms with E-state index in [1.54, 1.807) is 17.3 Å². The van der Waals surface area contributed by atoms with E-state index in [2.05, 4.69) is 11.1 Å². The smallest absolute Gasteiger partial charge is 0.264 e. The maximum atomic E-state index is 13.0. The van der Waals surface area contributed by atoms with E-state index >= 15 is 0 Å². The SMILES string of the molecule is O=C1c2cccc(OCC(=O)N3CCc4ccccc43)c2CCN1Cc1cccnc1. The molecule has 31 heavy (non-hydrogen) atoms. The number of aromatic nitrogens is 1. The van der Waals surface area contributed by atoms with Crippen LogP contribution in [0.3, 0.4) is 0 Å². The molecule has 0 atom stereocenters. The molecule has 2 aliphatic heterocycles. The number of hydrogen-bond acceptors (Lipinski definition) is 4. The van der Waals surface area contributed by atoms with Gasteiger partial charge in [-0.05, 0) is 48.2 Å². The number of ether oxygens (including phenoxy) is 1. The van der Waals surface area contributed by atoms with Gasteiger partial charge < -0.3 is 14.5 Å². The molecule has 2 amide bonds. The normalized spacial score (nSPS) is 14.9. The molecule has 0 aliphatic carbocycles. The van der Waals surface area contributed by atoms with Gasteiger partial charge >= 0.3 is 0 Å². The summed E-state index contributed by atoms with van der Waals surface area (Å²) >= 11 is 0. The Hall–Kier alpha value is -3.67. The average Bonchev–Trinajstić information content (AvgIpc) is 3.24. The molecule has 0 bridgehead atoms. The predicted molar refractivity (Wildman–Crippen MR) is 117 cm³/mol. The van der Waals surface area contributed by atoms with Gasteiger partial charge in [-0.3, -0.25) is 14.6 Å². The van der Waals surface area contributed by atoms with Crippen LogP contribution in [0.15, 0.2) is 67.0 Å². The minimum atomic E-state index is -0.0668. The highest BCUT2D eigenvalue weighted by Crippen LogP contribution is 2.30. The van der Waals surface area contributed by atoms with E-state index in [0.29, 0.717) is 37.4 Å². The fraction of sp³-hybridized carbons (Fsp3) is 0.240. The molecular formula is C25H23N3O3. The molecule has 3 heterocycles. The number of pyridine rings is 1. The van der Waals surface area contributed by atoms with Gasteiger partial charge in [0.2, 0.25) is 0 Å². The first-order valence-electron chi connectivity index (χ1n) is 10.5. The van der Waals surface area contributed by atoms with Crippen molar-refractivity contribution in [3.8, 4) is 5.75 Å². The second kappa shape index (κ2) is 8.22. The van der Waals surface area contributed by atoms with Gasteiger partial charge in [0, 0.05) is 48.8 Å². The van der Waals surface area contributed by atoms with Crippen molar-refractivity contribution < 1.29 is 14.3 Å². The van der Waals surface area contributed by atoms with E-state index in [-0.39, 0.29) is 18.4 Å². The highest BCUT2D eigenvalue weighted by atomic mass is 16.5. The molecule has 6 nitrogen and oxygen atoms in total. The number of carbonyl (C=O) groups is 2. The third-order valence-corrected chi connectivity index (χ3v) is 5.92. The number of amides is 2. The second-order valence-electron chi connectivity index (χ2n) is 7.83. The number of rotatable bonds is 5. The number of carbonyl (C=O) groups excluding carboxylic acids is 2. The van der Waals surface area contributed by atoms with Gasteiger partial charge in [-0.15, -0.1) is 0 Å². The first-order chi connectivity index (χ1) is 15.2. The Labute approximate surface area is 181 Å². The molecule has 0 radical (unpaired) electrons. The number of nitrogens with zero attached hydrogens (tertiary/aromatic N) is 3. The third-order valence-electron chi connectivity index (χ3n) is 5.92. The van der Waals surface area contributed by atoms with Gasteiger partial charge in [0.1, 0.15) is 5.75 Å². The van der Waals surface area contributed by atoms with E-state index in [4.69, 9.17) is 4.74 Å². The molecule has 2 aromatic carbocycles. The minimum absolute atomic E-state index is 0.0182. The summed E-state index contributed by atoms with van der Waals surface area (Å²) < 4.78 is 5.92. The van der Waals surface area contributed by atoms with E-state index in [0.717, 1.165) is 23.2 Å². The average molecular weight is 413 g/mol. The number of benzene rings is 2. The van der Waals surface area contributed by atoms with E-state index in [1.807, 2.05) is 53.4 Å². The summed E-state index contributed by atoms with van der Waals surface area (Å²) in [6.07, 6.45) is 5.06. The molecule has 0 saturated heterocycles. The molecule has 3 aromatic rings. The Morgan fingerprint density at radius 3 is 2.77 bits per heavy atom. The van der Waals surface area contributed by atoms with E-state index < -0.39 is 0 Å². The summed E-state index contributed by atoms with van der Waals surface area (Å²) in [5, 5.41) is 0. The monoisotopic (exact) mass is 413 g/mol. The van der Waals surface area contributed by atoms with E-state index in [1.165, 1.54) is 5.56 Å². The minimum Gasteiger partial charge on any atom is -0.483 e. The van der Waals surface area contributed by atoms with Crippen molar-refractivity contribution in [3.05, 3.63) is 89.2 Å². The Balaban J connectivity index is 1.28. The van der Waals surface area contributed by atoms with Gasteiger partial charge in [-0.2, -0.15) is 0 Å². The van der Waals surface area contributed by atoms with Crippen molar-refractivity contribution >= 4 is 17.5 Å². The first-order valence-corrected chi connectivity index (χ1v) is 10.5. The van der Waals surface area contributed by atoms with Crippen LogP contribution >= 0.6 is 0 Å². The molecule has 156 valence electrons. The molecule has 0 fully saturated rings. The van der Waals surface area contributed by atoms with Crippen molar-refractivity contribution in [1.29, 1.82) is 0 Å². The van der Waals surface area contributed by atoms with Crippen LogP contribution in [0.2, 0.25) is 0 Å². The fourth-order valence-corrected chi connectivity index (χ4v) is 4.36. The van der Waals surface area contributed by atoms with Gasteiger partial charge in [0.25, 0.3) is 11.8 Å². The van der Waals surface area contributed by atoms with Crippen molar-refractivity contribution in [2.24, 2.45) is 0 Å². The van der Waals surface area contributed by atoms with Crippen LogP contribution in [0, 0.1) is 0 Å². The van der Waals surface area contributed by atoms with Gasteiger partial charge in [0.15, 0.2) is 6.61 Å². The lowest BCUT2D eigenvalue weighted by atomic mass is 9.97. The Kier molecular flexibility index (Phi) is 5.12. The summed E-state index contributed by atoms with van der Waals surface area (Å²) in [7, 11) is 0. The van der Waals surface area contributed by atoms with Crippen LogP contribution in [-0.2, 0) is 24.2 Å². The van der Waals surface area contributed by atoms with Crippen LogP contribution in [0.1, 0.15) is 27.0 Å². The summed E-state index contributed by atoms with van der Waals surface area (Å²) in [5.74, 6) is 0.533. The Morgan fingerprint density at radius 2 is 1.90 bits per heavy atom. The third kappa shape index (κ3) is 3.77. The lowest BCUT2D eigenvalue weighted by Crippen LogP contribution is -2.37. The van der Waals surface area contributed by atoms with Crippen LogP contribution in [0.25, 0.3) is 0 Å². The quantitative estimate of drug-likeness (QED) is 0.644.